The molecule has 0 heterocycles. The largest absolute Gasteiger partial charge is 0.368 e. The van der Waals surface area contributed by atoms with E-state index < -0.39 is 0 Å². The molecule has 0 unspecified atom stereocenters. The Labute approximate surface area is 78.3 Å². The van der Waals surface area contributed by atoms with Crippen molar-refractivity contribution >= 4 is 17.7 Å². The molecule has 2 nitrogen and oxygen atoms in total. The molecule has 1 aliphatic carbocycles. The lowest BCUT2D eigenvalue weighted by Gasteiger charge is -2.23. The van der Waals surface area contributed by atoms with Crippen LogP contribution in [0.25, 0.3) is 0 Å². The molecular weight excluding hydrogens is 170 g/mol. The number of hydrogen-bond acceptors (Lipinski definition) is 2. The molecule has 12 heavy (non-hydrogen) atoms. The Bertz CT molecular complexity index is 173. The van der Waals surface area contributed by atoms with Crippen LogP contribution in [-0.2, 0) is 4.79 Å². The van der Waals surface area contributed by atoms with Crippen LogP contribution in [0.4, 0.5) is 0 Å². The molecular formula is C9H17NOS. The van der Waals surface area contributed by atoms with Crippen molar-refractivity contribution in [1.29, 1.82) is 0 Å². The van der Waals surface area contributed by atoms with Gasteiger partial charge in [0, 0.05) is 5.25 Å². The molecule has 1 fully saturated rings. The molecule has 0 aromatic heterocycles. The number of hydrogen-bond donors (Lipinski definition) is 1. The fourth-order valence-electron chi connectivity index (χ4n) is 1.48. The second kappa shape index (κ2) is 3.69. The van der Waals surface area contributed by atoms with Crippen molar-refractivity contribution in [3.63, 3.8) is 0 Å². The van der Waals surface area contributed by atoms with Gasteiger partial charge in [0.1, 0.15) is 0 Å². The van der Waals surface area contributed by atoms with Gasteiger partial charge >= 0.3 is 0 Å². The van der Waals surface area contributed by atoms with E-state index in [2.05, 4.69) is 0 Å². The summed E-state index contributed by atoms with van der Waals surface area (Å²) in [5, 5.41) is 0.660. The summed E-state index contributed by atoms with van der Waals surface area (Å²) in [5.74, 6) is -0.195. The molecule has 0 radical (unpaired) electrons. The number of carbonyl (C=O) groups is 1. The van der Waals surface area contributed by atoms with Gasteiger partial charge in [-0.1, -0.05) is 12.8 Å². The minimum atomic E-state index is -0.380. The normalized spacial score (nSPS) is 19.8. The monoisotopic (exact) mass is 187 g/mol. The average molecular weight is 187 g/mol. The van der Waals surface area contributed by atoms with E-state index in [1.54, 1.807) is 11.8 Å². The molecule has 0 atom stereocenters. The first-order valence-electron chi connectivity index (χ1n) is 4.50. The van der Waals surface area contributed by atoms with Crippen molar-refractivity contribution in [2.75, 3.05) is 0 Å². The number of nitrogens with two attached hydrogens (primary N) is 1. The topological polar surface area (TPSA) is 43.1 Å². The van der Waals surface area contributed by atoms with E-state index in [9.17, 15) is 4.79 Å². The van der Waals surface area contributed by atoms with E-state index in [-0.39, 0.29) is 10.7 Å². The quantitative estimate of drug-likeness (QED) is 0.733. The highest BCUT2D eigenvalue weighted by atomic mass is 32.2. The van der Waals surface area contributed by atoms with Gasteiger partial charge in [-0.2, -0.15) is 0 Å². The van der Waals surface area contributed by atoms with Crippen LogP contribution in [0.5, 0.6) is 0 Å². The van der Waals surface area contributed by atoms with Gasteiger partial charge < -0.3 is 5.73 Å². The van der Waals surface area contributed by atoms with Gasteiger partial charge in [-0.3, -0.25) is 4.79 Å². The van der Waals surface area contributed by atoms with Crippen LogP contribution in [0.1, 0.15) is 39.5 Å². The second-order valence-corrected chi connectivity index (χ2v) is 5.82. The van der Waals surface area contributed by atoms with E-state index >= 15 is 0 Å². The highest BCUT2D eigenvalue weighted by molar-refractivity contribution is 8.01. The van der Waals surface area contributed by atoms with Gasteiger partial charge in [0.2, 0.25) is 5.91 Å². The fourth-order valence-corrected chi connectivity index (χ4v) is 3.00. The lowest BCUT2D eigenvalue weighted by Crippen LogP contribution is -2.36. The number of thioether (sulfide) groups is 1. The summed E-state index contributed by atoms with van der Waals surface area (Å²) < 4.78 is -0.380. The van der Waals surface area contributed by atoms with Gasteiger partial charge in [-0.25, -0.2) is 0 Å². The van der Waals surface area contributed by atoms with Crippen LogP contribution in [0, 0.1) is 0 Å². The minimum Gasteiger partial charge on any atom is -0.368 e. The van der Waals surface area contributed by atoms with Gasteiger partial charge in [-0.05, 0) is 26.7 Å². The maximum absolute atomic E-state index is 11.0. The SMILES string of the molecule is CC(C)(SC1CCCC1)C(N)=O. The first-order chi connectivity index (χ1) is 5.52. The summed E-state index contributed by atoms with van der Waals surface area (Å²) in [6.45, 7) is 3.83. The Morgan fingerprint density at radius 2 is 1.92 bits per heavy atom. The van der Waals surface area contributed by atoms with Crippen molar-refractivity contribution in [1.82, 2.24) is 0 Å². The third-order valence-electron chi connectivity index (χ3n) is 2.36. The molecule has 2 N–H and O–H groups in total. The van der Waals surface area contributed by atoms with Gasteiger partial charge in [0.25, 0.3) is 0 Å². The maximum Gasteiger partial charge on any atom is 0.233 e. The van der Waals surface area contributed by atoms with E-state index in [0.717, 1.165) is 0 Å². The Morgan fingerprint density at radius 3 is 2.33 bits per heavy atom. The number of carbonyl (C=O) groups excluding carboxylic acids is 1. The molecule has 1 saturated carbocycles. The van der Waals surface area contributed by atoms with Crippen LogP contribution in [0.2, 0.25) is 0 Å². The zero-order valence-electron chi connectivity index (χ0n) is 7.80. The van der Waals surface area contributed by atoms with Gasteiger partial charge in [-0.15, -0.1) is 11.8 Å². The van der Waals surface area contributed by atoms with E-state index in [0.29, 0.717) is 5.25 Å². The summed E-state index contributed by atoms with van der Waals surface area (Å²) in [4.78, 5) is 11.0. The van der Waals surface area contributed by atoms with Crippen molar-refractivity contribution < 1.29 is 4.79 Å². The minimum absolute atomic E-state index is 0.195. The van der Waals surface area contributed by atoms with Crippen LogP contribution in [0.15, 0.2) is 0 Å². The van der Waals surface area contributed by atoms with Crippen molar-refractivity contribution in [2.24, 2.45) is 5.73 Å². The Kier molecular flexibility index (Phi) is 3.04. The summed E-state index contributed by atoms with van der Waals surface area (Å²) in [6.07, 6.45) is 5.13. The molecule has 0 spiro atoms. The maximum atomic E-state index is 11.0. The molecule has 0 bridgehead atoms. The molecule has 1 amide bonds. The first-order valence-corrected chi connectivity index (χ1v) is 5.38. The van der Waals surface area contributed by atoms with Crippen molar-refractivity contribution in [3.8, 4) is 0 Å². The van der Waals surface area contributed by atoms with Gasteiger partial charge in [0.15, 0.2) is 0 Å². The zero-order valence-corrected chi connectivity index (χ0v) is 8.62. The molecule has 0 saturated heterocycles. The molecule has 1 aliphatic rings. The standard InChI is InChI=1S/C9H17NOS/c1-9(2,8(10)11)12-7-5-3-4-6-7/h7H,3-6H2,1-2H3,(H2,10,11). The van der Waals surface area contributed by atoms with E-state index in [1.807, 2.05) is 13.8 Å². The van der Waals surface area contributed by atoms with Crippen LogP contribution in [0.3, 0.4) is 0 Å². The molecule has 0 aromatic rings. The Morgan fingerprint density at radius 1 is 1.42 bits per heavy atom. The molecule has 0 aliphatic heterocycles. The lowest BCUT2D eigenvalue weighted by atomic mass is 10.2. The van der Waals surface area contributed by atoms with Crippen LogP contribution < -0.4 is 5.73 Å². The first kappa shape index (κ1) is 9.90. The summed E-state index contributed by atoms with van der Waals surface area (Å²) in [6, 6.07) is 0. The summed E-state index contributed by atoms with van der Waals surface area (Å²) in [5.41, 5.74) is 5.29. The fraction of sp³-hybridized carbons (Fsp3) is 0.889. The summed E-state index contributed by atoms with van der Waals surface area (Å²) >= 11 is 1.74. The average Bonchev–Trinajstić information content (AvgIpc) is 2.38. The Hall–Kier alpha value is -0.180. The zero-order chi connectivity index (χ0) is 9.19. The predicted octanol–water partition coefficient (Wildman–Crippen LogP) is 1.93. The number of primary amides is 1. The third-order valence-corrected chi connectivity index (χ3v) is 3.95. The number of amides is 1. The van der Waals surface area contributed by atoms with Gasteiger partial charge in [0.05, 0.1) is 4.75 Å². The highest BCUT2D eigenvalue weighted by Crippen LogP contribution is 2.37. The third kappa shape index (κ3) is 2.41. The van der Waals surface area contributed by atoms with Crippen molar-refractivity contribution in [2.45, 2.75) is 49.5 Å². The molecule has 3 heteroatoms. The van der Waals surface area contributed by atoms with Crippen molar-refractivity contribution in [3.05, 3.63) is 0 Å². The van der Waals surface area contributed by atoms with Crippen LogP contribution >= 0.6 is 11.8 Å². The molecule has 0 aromatic carbocycles. The van der Waals surface area contributed by atoms with E-state index in [1.165, 1.54) is 25.7 Å². The number of rotatable bonds is 3. The summed E-state index contributed by atoms with van der Waals surface area (Å²) in [7, 11) is 0. The highest BCUT2D eigenvalue weighted by Gasteiger charge is 2.30. The molecule has 1 rings (SSSR count). The molecule has 70 valence electrons. The second-order valence-electron chi connectivity index (χ2n) is 3.90. The Balaban J connectivity index is 2.42. The van der Waals surface area contributed by atoms with E-state index in [4.69, 9.17) is 5.73 Å². The predicted molar refractivity (Wildman–Crippen MR) is 53.1 cm³/mol. The van der Waals surface area contributed by atoms with Crippen LogP contribution in [-0.4, -0.2) is 15.9 Å². The lowest BCUT2D eigenvalue weighted by molar-refractivity contribution is -0.119. The smallest absolute Gasteiger partial charge is 0.233 e.